The average molecular weight is 255 g/mol. The molecule has 2 heterocycles. The zero-order valence-corrected chi connectivity index (χ0v) is 11.3. The Morgan fingerprint density at radius 2 is 1.95 bits per heavy atom. The maximum Gasteiger partial charge on any atom is 0.0706 e. The summed E-state index contributed by atoms with van der Waals surface area (Å²) in [5.74, 6) is 0. The van der Waals surface area contributed by atoms with Crippen LogP contribution in [0.5, 0.6) is 0 Å². The Kier molecular flexibility index (Phi) is 3.65. The van der Waals surface area contributed by atoms with Crippen molar-refractivity contribution >= 4 is 16.6 Å². The van der Waals surface area contributed by atoms with Crippen LogP contribution in [0.15, 0.2) is 30.3 Å². The molecule has 0 aliphatic carbocycles. The van der Waals surface area contributed by atoms with Gasteiger partial charge in [-0.2, -0.15) is 0 Å². The number of rotatable bonds is 4. The lowest BCUT2D eigenvalue weighted by atomic mass is 10.1. The molecule has 1 aliphatic heterocycles. The smallest absolute Gasteiger partial charge is 0.0706 e. The van der Waals surface area contributed by atoms with Gasteiger partial charge >= 0.3 is 0 Å². The van der Waals surface area contributed by atoms with Crippen LogP contribution in [-0.2, 0) is 6.42 Å². The van der Waals surface area contributed by atoms with Crippen molar-refractivity contribution in [1.82, 2.24) is 4.98 Å². The van der Waals surface area contributed by atoms with Crippen molar-refractivity contribution in [3.05, 3.63) is 36.0 Å². The molecule has 3 nitrogen and oxygen atoms in total. The van der Waals surface area contributed by atoms with Crippen LogP contribution < -0.4 is 10.6 Å². The van der Waals surface area contributed by atoms with Gasteiger partial charge in [-0.05, 0) is 56.5 Å². The third-order valence-electron chi connectivity index (χ3n) is 3.84. The number of nitrogens with zero attached hydrogens (tertiary/aromatic N) is 2. The minimum absolute atomic E-state index is 0.730. The Morgan fingerprint density at radius 1 is 1.11 bits per heavy atom. The summed E-state index contributed by atoms with van der Waals surface area (Å²) in [6, 6.07) is 10.9. The Balaban J connectivity index is 1.87. The molecule has 100 valence electrons. The van der Waals surface area contributed by atoms with Gasteiger partial charge in [0.05, 0.1) is 5.52 Å². The van der Waals surface area contributed by atoms with Crippen LogP contribution in [0, 0.1) is 0 Å². The summed E-state index contributed by atoms with van der Waals surface area (Å²) in [6.07, 6.45) is 4.60. The van der Waals surface area contributed by atoms with Crippen molar-refractivity contribution in [3.8, 4) is 0 Å². The zero-order chi connectivity index (χ0) is 13.1. The van der Waals surface area contributed by atoms with Gasteiger partial charge in [0.15, 0.2) is 0 Å². The standard InChI is InChI=1S/C16H21N3/c17-9-3-4-14-6-5-13-12-15(7-8-16(13)18-14)19-10-1-2-11-19/h5-8,12H,1-4,9-11,17H2. The minimum Gasteiger partial charge on any atom is -0.372 e. The molecular weight excluding hydrogens is 234 g/mol. The molecule has 0 saturated carbocycles. The molecule has 1 aromatic carbocycles. The molecule has 0 spiro atoms. The minimum atomic E-state index is 0.730. The first-order chi connectivity index (χ1) is 9.36. The van der Waals surface area contributed by atoms with E-state index in [1.165, 1.54) is 37.0 Å². The normalized spacial score (nSPS) is 15.3. The summed E-state index contributed by atoms with van der Waals surface area (Å²) in [6.45, 7) is 3.11. The van der Waals surface area contributed by atoms with Crippen LogP contribution in [0.2, 0.25) is 0 Å². The summed E-state index contributed by atoms with van der Waals surface area (Å²) in [5, 5.41) is 1.24. The van der Waals surface area contributed by atoms with Crippen molar-refractivity contribution < 1.29 is 0 Å². The third-order valence-corrected chi connectivity index (χ3v) is 3.84. The molecular formula is C16H21N3. The van der Waals surface area contributed by atoms with E-state index in [0.29, 0.717) is 0 Å². The van der Waals surface area contributed by atoms with E-state index in [-0.39, 0.29) is 0 Å². The fraction of sp³-hybridized carbons (Fsp3) is 0.438. The van der Waals surface area contributed by atoms with Gasteiger partial charge in [0, 0.05) is 29.9 Å². The lowest BCUT2D eigenvalue weighted by Gasteiger charge is -2.18. The van der Waals surface area contributed by atoms with E-state index < -0.39 is 0 Å². The SMILES string of the molecule is NCCCc1ccc2cc(N3CCCC3)ccc2n1. The summed E-state index contributed by atoms with van der Waals surface area (Å²) in [5.41, 5.74) is 9.12. The van der Waals surface area contributed by atoms with E-state index in [4.69, 9.17) is 10.7 Å². The second-order valence-corrected chi connectivity index (χ2v) is 5.27. The van der Waals surface area contributed by atoms with E-state index in [2.05, 4.69) is 35.2 Å². The average Bonchev–Trinajstić information content (AvgIpc) is 2.98. The summed E-state index contributed by atoms with van der Waals surface area (Å²) >= 11 is 0. The number of aromatic nitrogens is 1. The predicted molar refractivity (Wildman–Crippen MR) is 80.6 cm³/mol. The van der Waals surface area contributed by atoms with Crippen molar-refractivity contribution in [2.45, 2.75) is 25.7 Å². The largest absolute Gasteiger partial charge is 0.372 e. The quantitative estimate of drug-likeness (QED) is 0.913. The molecule has 0 atom stereocenters. The van der Waals surface area contributed by atoms with Crippen LogP contribution >= 0.6 is 0 Å². The van der Waals surface area contributed by atoms with Gasteiger partial charge in [-0.3, -0.25) is 4.98 Å². The second-order valence-electron chi connectivity index (χ2n) is 5.27. The van der Waals surface area contributed by atoms with E-state index >= 15 is 0 Å². The molecule has 0 unspecified atom stereocenters. The molecule has 3 rings (SSSR count). The second kappa shape index (κ2) is 5.57. The van der Waals surface area contributed by atoms with Gasteiger partial charge < -0.3 is 10.6 Å². The number of hydrogen-bond acceptors (Lipinski definition) is 3. The molecule has 2 N–H and O–H groups in total. The Hall–Kier alpha value is -1.61. The first-order valence-electron chi connectivity index (χ1n) is 7.21. The molecule has 1 saturated heterocycles. The topological polar surface area (TPSA) is 42.1 Å². The maximum atomic E-state index is 5.55. The molecule has 2 aromatic rings. The number of fused-ring (bicyclic) bond motifs is 1. The lowest BCUT2D eigenvalue weighted by molar-refractivity contribution is 0.814. The van der Waals surface area contributed by atoms with Crippen LogP contribution in [0.25, 0.3) is 10.9 Å². The Bertz CT molecular complexity index is 559. The highest BCUT2D eigenvalue weighted by Gasteiger charge is 2.12. The molecule has 1 aliphatic rings. The first kappa shape index (κ1) is 12.4. The van der Waals surface area contributed by atoms with Crippen LogP contribution in [0.3, 0.4) is 0 Å². The molecule has 0 radical (unpaired) electrons. The molecule has 1 fully saturated rings. The number of nitrogens with two attached hydrogens (primary N) is 1. The number of hydrogen-bond donors (Lipinski definition) is 1. The van der Waals surface area contributed by atoms with Gasteiger partial charge in [-0.25, -0.2) is 0 Å². The predicted octanol–water partition coefficient (Wildman–Crippen LogP) is 2.73. The fourth-order valence-electron chi connectivity index (χ4n) is 2.75. The monoisotopic (exact) mass is 255 g/mol. The lowest BCUT2D eigenvalue weighted by Crippen LogP contribution is -2.17. The van der Waals surface area contributed by atoms with Crippen molar-refractivity contribution in [2.75, 3.05) is 24.5 Å². The molecule has 3 heteroatoms. The van der Waals surface area contributed by atoms with Crippen LogP contribution in [0.1, 0.15) is 25.0 Å². The highest BCUT2D eigenvalue weighted by Crippen LogP contribution is 2.24. The summed E-state index contributed by atoms with van der Waals surface area (Å²) in [7, 11) is 0. The highest BCUT2D eigenvalue weighted by molar-refractivity contribution is 5.82. The molecule has 19 heavy (non-hydrogen) atoms. The van der Waals surface area contributed by atoms with E-state index in [0.717, 1.165) is 30.6 Å². The summed E-state index contributed by atoms with van der Waals surface area (Å²) < 4.78 is 0. The van der Waals surface area contributed by atoms with Crippen molar-refractivity contribution in [3.63, 3.8) is 0 Å². The summed E-state index contributed by atoms with van der Waals surface area (Å²) in [4.78, 5) is 7.17. The van der Waals surface area contributed by atoms with Crippen molar-refractivity contribution in [2.24, 2.45) is 5.73 Å². The molecule has 1 aromatic heterocycles. The molecule has 0 bridgehead atoms. The Morgan fingerprint density at radius 3 is 2.74 bits per heavy atom. The zero-order valence-electron chi connectivity index (χ0n) is 11.3. The number of aryl methyl sites for hydroxylation is 1. The van der Waals surface area contributed by atoms with Gasteiger partial charge in [-0.1, -0.05) is 6.07 Å². The maximum absolute atomic E-state index is 5.55. The highest BCUT2D eigenvalue weighted by atomic mass is 15.1. The number of benzene rings is 1. The number of anilines is 1. The van der Waals surface area contributed by atoms with E-state index in [1.54, 1.807) is 0 Å². The third kappa shape index (κ3) is 2.71. The van der Waals surface area contributed by atoms with Gasteiger partial charge in [0.1, 0.15) is 0 Å². The molecule has 0 amide bonds. The van der Waals surface area contributed by atoms with Crippen LogP contribution in [0.4, 0.5) is 5.69 Å². The first-order valence-corrected chi connectivity index (χ1v) is 7.21. The van der Waals surface area contributed by atoms with Gasteiger partial charge in [0.2, 0.25) is 0 Å². The fourth-order valence-corrected chi connectivity index (χ4v) is 2.75. The van der Waals surface area contributed by atoms with Crippen molar-refractivity contribution in [1.29, 1.82) is 0 Å². The van der Waals surface area contributed by atoms with Gasteiger partial charge in [0.25, 0.3) is 0 Å². The van der Waals surface area contributed by atoms with E-state index in [9.17, 15) is 0 Å². The van der Waals surface area contributed by atoms with Crippen LogP contribution in [-0.4, -0.2) is 24.6 Å². The number of pyridine rings is 1. The Labute approximate surface area is 114 Å². The van der Waals surface area contributed by atoms with E-state index in [1.807, 2.05) is 0 Å². The van der Waals surface area contributed by atoms with Gasteiger partial charge in [-0.15, -0.1) is 0 Å².